The van der Waals surface area contributed by atoms with Crippen LogP contribution >= 0.6 is 11.3 Å². The highest BCUT2D eigenvalue weighted by Gasteiger charge is 2.36. The third-order valence-electron chi connectivity index (χ3n) is 2.23. The Hall–Kier alpha value is -1.42. The number of aliphatic hydroxyl groups is 1. The molecule has 0 aliphatic rings. The third kappa shape index (κ3) is 4.60. The minimum Gasteiger partial charge on any atom is -0.392 e. The zero-order valence-electron chi connectivity index (χ0n) is 11.1. The molecule has 0 aliphatic heterocycles. The van der Waals surface area contributed by atoms with Crippen LogP contribution in [-0.4, -0.2) is 44.9 Å². The summed E-state index contributed by atoms with van der Waals surface area (Å²) in [7, 11) is 0. The Morgan fingerprint density at radius 1 is 1.40 bits per heavy atom. The van der Waals surface area contributed by atoms with Gasteiger partial charge in [-0.15, -0.1) is 10.2 Å². The minimum atomic E-state index is -4.59. The lowest BCUT2D eigenvalue weighted by Gasteiger charge is -2.27. The summed E-state index contributed by atoms with van der Waals surface area (Å²) in [6.07, 6.45) is -5.33. The normalized spacial score (nSPS) is 13.4. The van der Waals surface area contributed by atoms with Crippen LogP contribution in [0.15, 0.2) is 0 Å². The number of alkyl halides is 3. The van der Waals surface area contributed by atoms with Gasteiger partial charge in [0, 0.05) is 12.6 Å². The molecule has 0 aliphatic carbocycles. The Morgan fingerprint density at radius 3 is 2.40 bits per heavy atom. The molecule has 6 nitrogen and oxygen atoms in total. The second-order valence-electron chi connectivity index (χ2n) is 4.44. The summed E-state index contributed by atoms with van der Waals surface area (Å²) >= 11 is 0.248. The van der Waals surface area contributed by atoms with Crippen LogP contribution in [0.1, 0.15) is 25.8 Å². The molecule has 1 rings (SSSR count). The van der Waals surface area contributed by atoms with Crippen molar-refractivity contribution in [3.8, 4) is 0 Å². The van der Waals surface area contributed by atoms with E-state index in [1.54, 1.807) is 13.8 Å². The number of nitrogens with zero attached hydrogens (tertiary/aromatic N) is 3. The molecule has 1 aromatic heterocycles. The summed E-state index contributed by atoms with van der Waals surface area (Å²) < 4.78 is 37.0. The van der Waals surface area contributed by atoms with Crippen molar-refractivity contribution in [2.75, 3.05) is 11.9 Å². The van der Waals surface area contributed by atoms with E-state index in [1.165, 1.54) is 11.8 Å². The quantitative estimate of drug-likeness (QED) is 0.893. The van der Waals surface area contributed by atoms with Gasteiger partial charge in [0.25, 0.3) is 0 Å². The van der Waals surface area contributed by atoms with Crippen LogP contribution < -0.4 is 5.32 Å². The van der Waals surface area contributed by atoms with E-state index < -0.39 is 23.3 Å². The van der Waals surface area contributed by atoms with Gasteiger partial charge in [-0.2, -0.15) is 13.2 Å². The lowest BCUT2D eigenvalue weighted by Crippen LogP contribution is -2.43. The molecule has 114 valence electrons. The molecule has 0 bridgehead atoms. The molecule has 1 heterocycles. The molecule has 10 heteroatoms. The number of halogens is 3. The molecule has 0 saturated carbocycles. The number of urea groups is 1. The van der Waals surface area contributed by atoms with Crippen LogP contribution in [0.2, 0.25) is 0 Å². The molecule has 1 aromatic rings. The summed E-state index contributed by atoms with van der Waals surface area (Å²) in [6.45, 7) is 5.02. The molecule has 2 N–H and O–H groups in total. The second kappa shape index (κ2) is 6.35. The van der Waals surface area contributed by atoms with Gasteiger partial charge in [-0.05, 0) is 20.8 Å². The average molecular weight is 312 g/mol. The van der Waals surface area contributed by atoms with Crippen molar-refractivity contribution >= 4 is 22.5 Å². The van der Waals surface area contributed by atoms with Gasteiger partial charge in [0.05, 0.1) is 6.10 Å². The largest absolute Gasteiger partial charge is 0.445 e. The van der Waals surface area contributed by atoms with Crippen molar-refractivity contribution in [3.05, 3.63) is 5.01 Å². The minimum absolute atomic E-state index is 0.0639. The molecule has 0 radical (unpaired) electrons. The molecule has 2 amide bonds. The molecule has 20 heavy (non-hydrogen) atoms. The van der Waals surface area contributed by atoms with E-state index in [-0.39, 0.29) is 29.1 Å². The lowest BCUT2D eigenvalue weighted by molar-refractivity contribution is -0.138. The molecule has 0 aromatic carbocycles. The Balaban J connectivity index is 2.76. The first-order chi connectivity index (χ1) is 9.11. The van der Waals surface area contributed by atoms with E-state index in [4.69, 9.17) is 0 Å². The zero-order valence-corrected chi connectivity index (χ0v) is 11.9. The van der Waals surface area contributed by atoms with E-state index in [9.17, 15) is 23.1 Å². The van der Waals surface area contributed by atoms with Crippen molar-refractivity contribution in [2.24, 2.45) is 0 Å². The summed E-state index contributed by atoms with van der Waals surface area (Å²) in [4.78, 5) is 13.2. The van der Waals surface area contributed by atoms with Crippen LogP contribution in [0.4, 0.5) is 23.1 Å². The van der Waals surface area contributed by atoms with Gasteiger partial charge < -0.3 is 10.0 Å². The fraction of sp³-hybridized carbons (Fsp3) is 0.700. The van der Waals surface area contributed by atoms with Gasteiger partial charge in [-0.1, -0.05) is 11.3 Å². The number of amides is 2. The average Bonchev–Trinajstić information content (AvgIpc) is 2.73. The number of aromatic nitrogens is 2. The highest BCUT2D eigenvalue weighted by molar-refractivity contribution is 7.15. The van der Waals surface area contributed by atoms with Crippen LogP contribution in [0.5, 0.6) is 0 Å². The molecule has 1 unspecified atom stereocenters. The standard InChI is InChI=1S/C10H15F3N4O2S/c1-5(2)17(4-6(3)18)9(19)14-8-16-15-7(20-8)10(11,12)13/h5-6,18H,4H2,1-3H3,(H,14,16,19). The van der Waals surface area contributed by atoms with Crippen molar-refractivity contribution in [2.45, 2.75) is 39.1 Å². The van der Waals surface area contributed by atoms with Crippen LogP contribution in [0, 0.1) is 0 Å². The Bertz CT molecular complexity index is 462. The summed E-state index contributed by atoms with van der Waals surface area (Å²) in [5.41, 5.74) is 0. The van der Waals surface area contributed by atoms with E-state index in [0.717, 1.165) is 0 Å². The summed E-state index contributed by atoms with van der Waals surface area (Å²) in [5.74, 6) is 0. The number of hydrogen-bond donors (Lipinski definition) is 2. The smallest absolute Gasteiger partial charge is 0.392 e. The van der Waals surface area contributed by atoms with Gasteiger partial charge in [0.15, 0.2) is 0 Å². The molecule has 0 fully saturated rings. The first-order valence-corrected chi connectivity index (χ1v) is 6.59. The molecule has 0 saturated heterocycles. The Kier molecular flexibility index (Phi) is 5.28. The fourth-order valence-electron chi connectivity index (χ4n) is 1.36. The van der Waals surface area contributed by atoms with Gasteiger partial charge in [-0.25, -0.2) is 4.79 Å². The predicted molar refractivity (Wildman–Crippen MR) is 67.5 cm³/mol. The third-order valence-corrected chi connectivity index (χ3v) is 3.11. The molecular formula is C10H15F3N4O2S. The Morgan fingerprint density at radius 2 is 2.00 bits per heavy atom. The first-order valence-electron chi connectivity index (χ1n) is 5.77. The van der Waals surface area contributed by atoms with E-state index in [1.807, 2.05) is 0 Å². The van der Waals surface area contributed by atoms with Crippen LogP contribution in [0.25, 0.3) is 0 Å². The number of nitrogens with one attached hydrogen (secondary N) is 1. The fourth-order valence-corrected chi connectivity index (χ4v) is 1.96. The molecule has 0 spiro atoms. The van der Waals surface area contributed by atoms with Crippen molar-refractivity contribution < 1.29 is 23.1 Å². The summed E-state index contributed by atoms with van der Waals surface area (Å²) in [6, 6.07) is -0.856. The maximum Gasteiger partial charge on any atom is 0.445 e. The first kappa shape index (κ1) is 16.6. The number of aliphatic hydroxyl groups excluding tert-OH is 1. The van der Waals surface area contributed by atoms with Gasteiger partial charge >= 0.3 is 12.2 Å². The van der Waals surface area contributed by atoms with Crippen LogP contribution in [-0.2, 0) is 6.18 Å². The van der Waals surface area contributed by atoms with Crippen molar-refractivity contribution in [1.82, 2.24) is 15.1 Å². The highest BCUT2D eigenvalue weighted by Crippen LogP contribution is 2.33. The molecular weight excluding hydrogens is 297 g/mol. The number of hydrogen-bond acceptors (Lipinski definition) is 5. The monoisotopic (exact) mass is 312 g/mol. The SMILES string of the molecule is CC(O)CN(C(=O)Nc1nnc(C(F)(F)F)s1)C(C)C. The van der Waals surface area contributed by atoms with E-state index >= 15 is 0 Å². The second-order valence-corrected chi connectivity index (χ2v) is 5.41. The van der Waals surface area contributed by atoms with Crippen molar-refractivity contribution in [1.29, 1.82) is 0 Å². The number of carbonyl (C=O) groups excluding carboxylic acids is 1. The topological polar surface area (TPSA) is 78.4 Å². The van der Waals surface area contributed by atoms with Gasteiger partial charge in [0.1, 0.15) is 0 Å². The van der Waals surface area contributed by atoms with E-state index in [2.05, 4.69) is 15.5 Å². The maximum atomic E-state index is 12.3. The number of carbonyl (C=O) groups is 1. The Labute approximate surface area is 117 Å². The maximum absolute atomic E-state index is 12.3. The number of rotatable bonds is 4. The number of anilines is 1. The van der Waals surface area contributed by atoms with Gasteiger partial charge in [-0.3, -0.25) is 5.32 Å². The molecule has 1 atom stereocenters. The lowest BCUT2D eigenvalue weighted by atomic mass is 10.3. The van der Waals surface area contributed by atoms with E-state index in [0.29, 0.717) is 0 Å². The highest BCUT2D eigenvalue weighted by atomic mass is 32.1. The van der Waals surface area contributed by atoms with Crippen molar-refractivity contribution in [3.63, 3.8) is 0 Å². The van der Waals surface area contributed by atoms with Crippen LogP contribution in [0.3, 0.4) is 0 Å². The zero-order chi connectivity index (χ0) is 15.5. The predicted octanol–water partition coefficient (Wildman–Crippen LogP) is 2.18. The summed E-state index contributed by atoms with van der Waals surface area (Å²) in [5, 5.41) is 16.4. The van der Waals surface area contributed by atoms with Gasteiger partial charge in [0.2, 0.25) is 10.1 Å².